The predicted octanol–water partition coefficient (Wildman–Crippen LogP) is 2.76. The van der Waals surface area contributed by atoms with Crippen molar-refractivity contribution in [3.8, 4) is 0 Å². The Bertz CT molecular complexity index is 440. The van der Waals surface area contributed by atoms with Crippen LogP contribution in [0.1, 0.15) is 20.8 Å². The van der Waals surface area contributed by atoms with E-state index in [1.165, 1.54) is 16.4 Å². The minimum absolute atomic E-state index is 0.0503. The molecule has 0 N–H and O–H groups in total. The first-order chi connectivity index (χ1) is 7.39. The number of nitrogens with zero attached hydrogens (tertiary/aromatic N) is 1. The van der Waals surface area contributed by atoms with Crippen molar-refractivity contribution in [2.45, 2.75) is 31.7 Å². The van der Waals surface area contributed by atoms with Crippen LogP contribution in [-0.4, -0.2) is 25.3 Å². The first kappa shape index (κ1) is 13.5. The van der Waals surface area contributed by atoms with Crippen molar-refractivity contribution in [1.82, 2.24) is 4.31 Å². The van der Waals surface area contributed by atoms with Gasteiger partial charge in [0.05, 0.1) is 4.90 Å². The Hall–Kier alpha value is -0.580. The number of hydrogen-bond acceptors (Lipinski definition) is 2. The van der Waals surface area contributed by atoms with Gasteiger partial charge >= 0.3 is 0 Å². The lowest BCUT2D eigenvalue weighted by molar-refractivity contribution is 0.369. The molecule has 0 amide bonds. The van der Waals surface area contributed by atoms with Gasteiger partial charge in [-0.15, -0.1) is 0 Å². The van der Waals surface area contributed by atoms with Gasteiger partial charge in [0.15, 0.2) is 0 Å². The molecule has 0 saturated heterocycles. The third-order valence-electron chi connectivity index (χ3n) is 2.31. The molecule has 1 aromatic carbocycles. The van der Waals surface area contributed by atoms with Crippen LogP contribution in [-0.2, 0) is 10.0 Å². The Morgan fingerprint density at radius 1 is 1.25 bits per heavy atom. The highest BCUT2D eigenvalue weighted by atomic mass is 35.5. The Morgan fingerprint density at radius 3 is 2.12 bits per heavy atom. The van der Waals surface area contributed by atoms with Gasteiger partial charge in [0.25, 0.3) is 0 Å². The molecule has 16 heavy (non-hydrogen) atoms. The molecule has 0 aliphatic heterocycles. The van der Waals surface area contributed by atoms with Crippen LogP contribution >= 0.6 is 11.6 Å². The molecule has 0 heterocycles. The van der Waals surface area contributed by atoms with E-state index in [9.17, 15) is 8.42 Å². The summed E-state index contributed by atoms with van der Waals surface area (Å²) >= 11 is 5.73. The molecule has 0 unspecified atom stereocenters. The second-order valence-electron chi connectivity index (χ2n) is 3.76. The summed E-state index contributed by atoms with van der Waals surface area (Å²) in [6.45, 7) is 6.00. The van der Waals surface area contributed by atoms with E-state index in [0.717, 1.165) is 0 Å². The van der Waals surface area contributed by atoms with Crippen LogP contribution in [0.15, 0.2) is 29.2 Å². The molecule has 0 radical (unpaired) electrons. The number of hydrogen-bond donors (Lipinski definition) is 0. The van der Waals surface area contributed by atoms with Gasteiger partial charge in [0.2, 0.25) is 10.0 Å². The molecule has 0 fully saturated rings. The molecule has 0 atom stereocenters. The van der Waals surface area contributed by atoms with Crippen LogP contribution < -0.4 is 0 Å². The van der Waals surface area contributed by atoms with Gasteiger partial charge in [-0.1, -0.05) is 18.5 Å². The number of benzene rings is 1. The molecule has 1 rings (SSSR count). The standard InChI is InChI=1S/C11H16ClNO2S/c1-4-13(9(2)3)16(14,15)11-7-5-10(12)6-8-11/h5-9H,4H2,1-3H3. The molecule has 0 aliphatic rings. The van der Waals surface area contributed by atoms with Gasteiger partial charge in [-0.3, -0.25) is 0 Å². The molecule has 0 aliphatic carbocycles. The minimum atomic E-state index is -3.39. The van der Waals surface area contributed by atoms with E-state index < -0.39 is 10.0 Å². The van der Waals surface area contributed by atoms with Crippen LogP contribution in [0.5, 0.6) is 0 Å². The van der Waals surface area contributed by atoms with Gasteiger partial charge in [-0.25, -0.2) is 8.42 Å². The number of rotatable bonds is 4. The van der Waals surface area contributed by atoms with Crippen molar-refractivity contribution < 1.29 is 8.42 Å². The first-order valence-corrected chi connectivity index (χ1v) is 6.98. The largest absolute Gasteiger partial charge is 0.243 e. The van der Waals surface area contributed by atoms with Gasteiger partial charge < -0.3 is 0 Å². The lowest BCUT2D eigenvalue weighted by Gasteiger charge is -2.24. The molecule has 0 saturated carbocycles. The summed E-state index contributed by atoms with van der Waals surface area (Å²) in [6, 6.07) is 6.18. The monoisotopic (exact) mass is 261 g/mol. The molecule has 5 heteroatoms. The summed E-state index contributed by atoms with van der Waals surface area (Å²) in [6.07, 6.45) is 0. The van der Waals surface area contributed by atoms with Gasteiger partial charge in [-0.2, -0.15) is 4.31 Å². The molecule has 1 aromatic rings. The lowest BCUT2D eigenvalue weighted by Crippen LogP contribution is -2.36. The topological polar surface area (TPSA) is 37.4 Å². The van der Waals surface area contributed by atoms with Gasteiger partial charge in [-0.05, 0) is 38.1 Å². The quantitative estimate of drug-likeness (QED) is 0.836. The third-order valence-corrected chi connectivity index (χ3v) is 4.73. The second-order valence-corrected chi connectivity index (χ2v) is 6.08. The first-order valence-electron chi connectivity index (χ1n) is 5.17. The summed E-state index contributed by atoms with van der Waals surface area (Å²) in [7, 11) is -3.39. The Kier molecular flexibility index (Phi) is 4.35. The van der Waals surface area contributed by atoms with Crippen LogP contribution in [0.2, 0.25) is 5.02 Å². The molecule has 0 spiro atoms. The summed E-state index contributed by atoms with van der Waals surface area (Å²) in [5, 5.41) is 0.534. The molecule has 0 bridgehead atoms. The third kappa shape index (κ3) is 2.75. The van der Waals surface area contributed by atoms with Crippen LogP contribution in [0.25, 0.3) is 0 Å². The van der Waals surface area contributed by atoms with Crippen molar-refractivity contribution >= 4 is 21.6 Å². The van der Waals surface area contributed by atoms with Crippen LogP contribution in [0.3, 0.4) is 0 Å². The van der Waals surface area contributed by atoms with E-state index in [1.54, 1.807) is 12.1 Å². The average Bonchev–Trinajstić information content (AvgIpc) is 2.18. The maximum absolute atomic E-state index is 12.2. The van der Waals surface area contributed by atoms with Crippen molar-refractivity contribution in [2.24, 2.45) is 0 Å². The zero-order chi connectivity index (χ0) is 12.3. The number of sulfonamides is 1. The Labute approximate surface area is 102 Å². The smallest absolute Gasteiger partial charge is 0.207 e. The second kappa shape index (κ2) is 5.17. The highest BCUT2D eigenvalue weighted by molar-refractivity contribution is 7.89. The van der Waals surface area contributed by atoms with E-state index in [4.69, 9.17) is 11.6 Å². The van der Waals surface area contributed by atoms with E-state index in [0.29, 0.717) is 11.6 Å². The van der Waals surface area contributed by atoms with Crippen LogP contribution in [0, 0.1) is 0 Å². The molecule has 0 aromatic heterocycles. The SMILES string of the molecule is CCN(C(C)C)S(=O)(=O)c1ccc(Cl)cc1. The normalized spacial score (nSPS) is 12.4. The van der Waals surface area contributed by atoms with Crippen LogP contribution in [0.4, 0.5) is 0 Å². The Morgan fingerprint density at radius 2 is 1.75 bits per heavy atom. The van der Waals surface area contributed by atoms with Gasteiger partial charge in [0.1, 0.15) is 0 Å². The average molecular weight is 262 g/mol. The molecular weight excluding hydrogens is 246 g/mol. The zero-order valence-corrected chi connectivity index (χ0v) is 11.2. The number of halogens is 1. The van der Waals surface area contributed by atoms with Crippen molar-refractivity contribution in [3.63, 3.8) is 0 Å². The summed E-state index contributed by atoms with van der Waals surface area (Å²) in [4.78, 5) is 0.285. The fraction of sp³-hybridized carbons (Fsp3) is 0.455. The van der Waals surface area contributed by atoms with E-state index >= 15 is 0 Å². The molecular formula is C11H16ClNO2S. The Balaban J connectivity index is 3.15. The zero-order valence-electron chi connectivity index (χ0n) is 9.64. The summed E-state index contributed by atoms with van der Waals surface area (Å²) in [5.41, 5.74) is 0. The highest BCUT2D eigenvalue weighted by Gasteiger charge is 2.24. The maximum atomic E-state index is 12.2. The summed E-state index contributed by atoms with van der Waals surface area (Å²) < 4.78 is 25.9. The maximum Gasteiger partial charge on any atom is 0.243 e. The molecule has 90 valence electrons. The lowest BCUT2D eigenvalue weighted by atomic mass is 10.4. The predicted molar refractivity (Wildman–Crippen MR) is 66.2 cm³/mol. The van der Waals surface area contributed by atoms with Gasteiger partial charge in [0, 0.05) is 17.6 Å². The highest BCUT2D eigenvalue weighted by Crippen LogP contribution is 2.19. The molecule has 3 nitrogen and oxygen atoms in total. The minimum Gasteiger partial charge on any atom is -0.207 e. The van der Waals surface area contributed by atoms with Crippen molar-refractivity contribution in [3.05, 3.63) is 29.3 Å². The van der Waals surface area contributed by atoms with E-state index in [-0.39, 0.29) is 10.9 Å². The van der Waals surface area contributed by atoms with Crippen molar-refractivity contribution in [2.75, 3.05) is 6.54 Å². The van der Waals surface area contributed by atoms with E-state index in [2.05, 4.69) is 0 Å². The fourth-order valence-corrected chi connectivity index (χ4v) is 3.33. The fourth-order valence-electron chi connectivity index (χ4n) is 1.55. The van der Waals surface area contributed by atoms with E-state index in [1.807, 2.05) is 20.8 Å². The summed E-state index contributed by atoms with van der Waals surface area (Å²) in [5.74, 6) is 0. The van der Waals surface area contributed by atoms with Crippen molar-refractivity contribution in [1.29, 1.82) is 0 Å².